The molecule has 1 unspecified atom stereocenters. The van der Waals surface area contributed by atoms with Crippen LogP contribution in [-0.2, 0) is 10.3 Å². The van der Waals surface area contributed by atoms with E-state index in [1.165, 1.54) is 11.8 Å². The van der Waals surface area contributed by atoms with E-state index in [9.17, 15) is 14.7 Å². The van der Waals surface area contributed by atoms with Crippen molar-refractivity contribution >= 4 is 12.0 Å². The zero-order valence-corrected chi connectivity index (χ0v) is 13.3. The van der Waals surface area contributed by atoms with Gasteiger partial charge in [-0.3, -0.25) is 0 Å². The summed E-state index contributed by atoms with van der Waals surface area (Å²) in [5, 5.41) is 12.1. The van der Waals surface area contributed by atoms with Crippen LogP contribution in [-0.4, -0.2) is 35.6 Å². The molecule has 0 saturated heterocycles. The summed E-state index contributed by atoms with van der Waals surface area (Å²) >= 11 is 0. The van der Waals surface area contributed by atoms with E-state index in [-0.39, 0.29) is 5.41 Å². The molecule has 0 heterocycles. The van der Waals surface area contributed by atoms with E-state index in [1.54, 1.807) is 37.4 Å². The molecule has 0 aliphatic heterocycles. The second-order valence-electron chi connectivity index (χ2n) is 6.64. The van der Waals surface area contributed by atoms with Crippen LogP contribution in [0.25, 0.3) is 0 Å². The van der Waals surface area contributed by atoms with Gasteiger partial charge in [0.15, 0.2) is 5.54 Å². The summed E-state index contributed by atoms with van der Waals surface area (Å²) in [6.07, 6.45) is 0. The van der Waals surface area contributed by atoms with E-state index in [1.807, 2.05) is 20.8 Å². The van der Waals surface area contributed by atoms with Crippen LogP contribution in [0, 0.1) is 5.41 Å². The lowest BCUT2D eigenvalue weighted by molar-refractivity contribution is -0.144. The molecule has 0 saturated carbocycles. The maximum absolute atomic E-state index is 12.3. The van der Waals surface area contributed by atoms with Gasteiger partial charge in [-0.2, -0.15) is 0 Å². The lowest BCUT2D eigenvalue weighted by Gasteiger charge is -2.32. The fraction of sp³-hybridized carbons (Fsp3) is 0.500. The monoisotopic (exact) mass is 292 g/mol. The topological polar surface area (TPSA) is 69.6 Å². The summed E-state index contributed by atoms with van der Waals surface area (Å²) in [6.45, 7) is 8.08. The summed E-state index contributed by atoms with van der Waals surface area (Å²) in [6, 6.07) is 8.29. The van der Waals surface area contributed by atoms with E-state index in [0.717, 1.165) is 0 Å². The van der Waals surface area contributed by atoms with Gasteiger partial charge < -0.3 is 15.3 Å². The smallest absolute Gasteiger partial charge is 0.333 e. The first-order chi connectivity index (χ1) is 9.56. The van der Waals surface area contributed by atoms with Crippen LogP contribution >= 0.6 is 0 Å². The highest BCUT2D eigenvalue weighted by Crippen LogP contribution is 2.22. The molecule has 5 heteroatoms. The van der Waals surface area contributed by atoms with Crippen molar-refractivity contribution in [1.82, 2.24) is 10.2 Å². The molecule has 1 aromatic carbocycles. The number of carbonyl (C=O) groups is 2. The highest BCUT2D eigenvalue weighted by molar-refractivity contribution is 5.87. The fourth-order valence-corrected chi connectivity index (χ4v) is 2.11. The third-order valence-electron chi connectivity index (χ3n) is 3.19. The number of nitrogens with one attached hydrogen (secondary N) is 1. The van der Waals surface area contributed by atoms with Gasteiger partial charge in [-0.15, -0.1) is 0 Å². The predicted molar refractivity (Wildman–Crippen MR) is 82.0 cm³/mol. The number of carbonyl (C=O) groups excluding carboxylic acids is 1. The lowest BCUT2D eigenvalue weighted by Crippen LogP contribution is -2.54. The highest BCUT2D eigenvalue weighted by Gasteiger charge is 2.37. The maximum atomic E-state index is 12.3. The van der Waals surface area contributed by atoms with Gasteiger partial charge in [0, 0.05) is 13.6 Å². The summed E-state index contributed by atoms with van der Waals surface area (Å²) in [5.74, 6) is -1.09. The van der Waals surface area contributed by atoms with Crippen molar-refractivity contribution in [3.05, 3.63) is 35.9 Å². The first-order valence-corrected chi connectivity index (χ1v) is 6.88. The molecule has 0 spiro atoms. The minimum absolute atomic E-state index is 0.0571. The van der Waals surface area contributed by atoms with Crippen molar-refractivity contribution < 1.29 is 14.7 Å². The van der Waals surface area contributed by atoms with Crippen LogP contribution in [0.3, 0.4) is 0 Å². The van der Waals surface area contributed by atoms with E-state index < -0.39 is 17.5 Å². The Morgan fingerprint density at radius 1 is 1.14 bits per heavy atom. The number of aliphatic carboxylic acids is 1. The van der Waals surface area contributed by atoms with Crippen molar-refractivity contribution in [2.45, 2.75) is 33.2 Å². The fourth-order valence-electron chi connectivity index (χ4n) is 2.11. The summed E-state index contributed by atoms with van der Waals surface area (Å²) in [7, 11) is 1.66. The standard InChI is InChI=1S/C16H24N2O3/c1-15(2,3)11-18(5)14(21)17-16(4,13(19)20)12-9-7-6-8-10-12/h6-10H,11H2,1-5H3,(H,17,21)(H,19,20). The first kappa shape index (κ1) is 17.0. The average molecular weight is 292 g/mol. The van der Waals surface area contributed by atoms with E-state index in [2.05, 4.69) is 5.32 Å². The van der Waals surface area contributed by atoms with Crippen LogP contribution < -0.4 is 5.32 Å². The number of hydrogen-bond donors (Lipinski definition) is 2. The molecule has 1 aromatic rings. The summed E-state index contributed by atoms with van der Waals surface area (Å²) in [5.41, 5.74) is -0.974. The minimum atomic E-state index is -1.45. The second-order valence-corrected chi connectivity index (χ2v) is 6.64. The van der Waals surface area contributed by atoms with Gasteiger partial charge in [-0.1, -0.05) is 51.1 Å². The molecule has 0 aliphatic carbocycles. The number of urea groups is 1. The summed E-state index contributed by atoms with van der Waals surface area (Å²) < 4.78 is 0. The Morgan fingerprint density at radius 3 is 2.10 bits per heavy atom. The van der Waals surface area contributed by atoms with Crippen molar-refractivity contribution in [2.75, 3.05) is 13.6 Å². The maximum Gasteiger partial charge on any atom is 0.333 e. The number of amides is 2. The number of hydrogen-bond acceptors (Lipinski definition) is 2. The number of benzene rings is 1. The van der Waals surface area contributed by atoms with Gasteiger partial charge in [0.2, 0.25) is 0 Å². The van der Waals surface area contributed by atoms with Crippen molar-refractivity contribution in [1.29, 1.82) is 0 Å². The van der Waals surface area contributed by atoms with Crippen LogP contribution in [0.15, 0.2) is 30.3 Å². The molecule has 21 heavy (non-hydrogen) atoms. The first-order valence-electron chi connectivity index (χ1n) is 6.88. The lowest BCUT2D eigenvalue weighted by atomic mass is 9.92. The Kier molecular flexibility index (Phi) is 4.99. The normalized spacial score (nSPS) is 14.1. The largest absolute Gasteiger partial charge is 0.479 e. The van der Waals surface area contributed by atoms with E-state index in [0.29, 0.717) is 12.1 Å². The molecule has 0 radical (unpaired) electrons. The minimum Gasteiger partial charge on any atom is -0.479 e. The van der Waals surface area contributed by atoms with Gasteiger partial charge in [0.25, 0.3) is 0 Å². The van der Waals surface area contributed by atoms with Crippen LogP contribution in [0.4, 0.5) is 4.79 Å². The molecule has 0 aromatic heterocycles. The molecule has 0 aliphatic rings. The Balaban J connectivity index is 2.95. The van der Waals surface area contributed by atoms with Gasteiger partial charge in [0.05, 0.1) is 0 Å². The Labute approximate surface area is 126 Å². The van der Waals surface area contributed by atoms with Gasteiger partial charge in [-0.05, 0) is 17.9 Å². The quantitative estimate of drug-likeness (QED) is 0.896. The SMILES string of the molecule is CN(CC(C)(C)C)C(=O)NC(C)(C(=O)O)c1ccccc1. The Morgan fingerprint density at radius 2 is 1.67 bits per heavy atom. The number of carboxylic acids is 1. The van der Waals surface area contributed by atoms with Crippen LogP contribution in [0.1, 0.15) is 33.3 Å². The predicted octanol–water partition coefficient (Wildman–Crippen LogP) is 2.67. The van der Waals surface area contributed by atoms with Gasteiger partial charge in [0.1, 0.15) is 0 Å². The molecular formula is C16H24N2O3. The molecule has 0 bridgehead atoms. The highest BCUT2D eigenvalue weighted by atomic mass is 16.4. The summed E-state index contributed by atoms with van der Waals surface area (Å²) in [4.78, 5) is 25.4. The molecule has 5 nitrogen and oxygen atoms in total. The zero-order chi connectivity index (χ0) is 16.3. The number of carboxylic acid groups (broad SMARTS) is 1. The second kappa shape index (κ2) is 6.16. The third-order valence-corrected chi connectivity index (χ3v) is 3.19. The van der Waals surface area contributed by atoms with Crippen molar-refractivity contribution in [3.8, 4) is 0 Å². The number of nitrogens with zero attached hydrogens (tertiary/aromatic N) is 1. The third kappa shape index (κ3) is 4.48. The van der Waals surface area contributed by atoms with Crippen LogP contribution in [0.2, 0.25) is 0 Å². The van der Waals surface area contributed by atoms with Gasteiger partial charge >= 0.3 is 12.0 Å². The van der Waals surface area contributed by atoms with E-state index in [4.69, 9.17) is 0 Å². The molecule has 1 rings (SSSR count). The number of rotatable bonds is 4. The molecule has 2 N–H and O–H groups in total. The van der Waals surface area contributed by atoms with Crippen molar-refractivity contribution in [3.63, 3.8) is 0 Å². The molecule has 116 valence electrons. The molecule has 1 atom stereocenters. The Hall–Kier alpha value is -2.04. The van der Waals surface area contributed by atoms with Gasteiger partial charge in [-0.25, -0.2) is 9.59 Å². The average Bonchev–Trinajstić information content (AvgIpc) is 2.37. The molecule has 0 fully saturated rings. The molecular weight excluding hydrogens is 268 g/mol. The van der Waals surface area contributed by atoms with E-state index >= 15 is 0 Å². The Bertz CT molecular complexity index is 508. The zero-order valence-electron chi connectivity index (χ0n) is 13.3. The van der Waals surface area contributed by atoms with Crippen molar-refractivity contribution in [2.24, 2.45) is 5.41 Å². The molecule has 2 amide bonds. The van der Waals surface area contributed by atoms with Crippen LogP contribution in [0.5, 0.6) is 0 Å².